The highest BCUT2D eigenvalue weighted by molar-refractivity contribution is 14.1. The number of rotatable bonds is 3. The molecule has 0 unspecified atom stereocenters. The van der Waals surface area contributed by atoms with E-state index < -0.39 is 36.4 Å². The normalized spacial score (nSPS) is 16.7. The Balaban J connectivity index is 2.51. The third-order valence-electron chi connectivity index (χ3n) is 3.88. The van der Waals surface area contributed by atoms with Gasteiger partial charge in [0.05, 0.1) is 37.6 Å². The molecule has 24 heavy (non-hydrogen) atoms. The van der Waals surface area contributed by atoms with E-state index >= 15 is 0 Å². The van der Waals surface area contributed by atoms with Gasteiger partial charge in [-0.1, -0.05) is 0 Å². The van der Waals surface area contributed by atoms with Crippen LogP contribution >= 0.6 is 22.6 Å². The summed E-state index contributed by atoms with van der Waals surface area (Å²) in [6.07, 6.45) is 1.08. The molecule has 1 aliphatic heterocycles. The van der Waals surface area contributed by atoms with E-state index in [1.54, 1.807) is 31.5 Å². The summed E-state index contributed by atoms with van der Waals surface area (Å²) in [5, 5.41) is 19.8. The van der Waals surface area contributed by atoms with Gasteiger partial charge in [-0.05, 0) is 43.4 Å². The number of aliphatic hydroxyl groups excluding tert-OH is 2. The second kappa shape index (κ2) is 6.52. The Bertz CT molecular complexity index is 661. The van der Waals surface area contributed by atoms with Crippen molar-refractivity contribution in [3.63, 3.8) is 0 Å². The largest absolute Gasteiger partial charge is 0.444 e. The first-order valence-corrected chi connectivity index (χ1v) is 8.52. The lowest BCUT2D eigenvalue weighted by Crippen LogP contribution is -2.56. The minimum Gasteiger partial charge on any atom is -0.444 e. The van der Waals surface area contributed by atoms with E-state index in [0.29, 0.717) is 9.26 Å². The zero-order valence-corrected chi connectivity index (χ0v) is 16.0. The number of nitrogens with two attached hydrogens (primary N) is 1. The highest BCUT2D eigenvalue weighted by Crippen LogP contribution is 2.33. The Hall–Kier alpha value is -1.33. The number of carbonyl (C=O) groups excluding carboxylic acids is 2. The molecule has 4 N–H and O–H groups in total. The Labute approximate surface area is 153 Å². The fourth-order valence-electron chi connectivity index (χ4n) is 2.78. The van der Waals surface area contributed by atoms with Gasteiger partial charge in [0.2, 0.25) is 0 Å². The summed E-state index contributed by atoms with van der Waals surface area (Å²) in [6.45, 7) is 4.61. The first-order valence-electron chi connectivity index (χ1n) is 7.44. The van der Waals surface area contributed by atoms with Crippen LogP contribution in [0.2, 0.25) is 0 Å². The third-order valence-corrected chi connectivity index (χ3v) is 4.70. The number of aromatic nitrogens is 1. The molecular formula is C15H22IN3O5. The van der Waals surface area contributed by atoms with Gasteiger partial charge in [0, 0.05) is 9.77 Å². The number of nitrogens with zero attached hydrogens (tertiary/aromatic N) is 2. The zero-order chi connectivity index (χ0) is 18.3. The van der Waals surface area contributed by atoms with E-state index in [-0.39, 0.29) is 18.7 Å². The van der Waals surface area contributed by atoms with Crippen LogP contribution in [0.15, 0.2) is 6.20 Å². The summed E-state index contributed by atoms with van der Waals surface area (Å²) in [7, 11) is 0. The van der Waals surface area contributed by atoms with E-state index in [1.165, 1.54) is 4.90 Å². The molecule has 1 aromatic rings. The highest BCUT2D eigenvalue weighted by Gasteiger charge is 2.43. The van der Waals surface area contributed by atoms with E-state index in [2.05, 4.69) is 0 Å². The second-order valence-electron chi connectivity index (χ2n) is 6.91. The maximum absolute atomic E-state index is 12.4. The zero-order valence-electron chi connectivity index (χ0n) is 13.9. The molecule has 9 heteroatoms. The Morgan fingerprint density at radius 1 is 1.38 bits per heavy atom. The molecule has 0 aliphatic carbocycles. The fraction of sp³-hybridized carbons (Fsp3) is 0.600. The third kappa shape index (κ3) is 3.38. The molecule has 2 heterocycles. The van der Waals surface area contributed by atoms with Crippen molar-refractivity contribution in [1.29, 1.82) is 0 Å². The van der Waals surface area contributed by atoms with Crippen molar-refractivity contribution >= 4 is 34.6 Å². The Morgan fingerprint density at radius 2 is 1.96 bits per heavy atom. The van der Waals surface area contributed by atoms with Gasteiger partial charge in [0.25, 0.3) is 5.91 Å². The van der Waals surface area contributed by atoms with Gasteiger partial charge in [0.15, 0.2) is 0 Å². The first kappa shape index (κ1) is 19.0. The van der Waals surface area contributed by atoms with Crippen molar-refractivity contribution < 1.29 is 24.5 Å². The van der Waals surface area contributed by atoms with Crippen molar-refractivity contribution in [3.8, 4) is 0 Å². The molecule has 0 saturated heterocycles. The first-order chi connectivity index (χ1) is 11.0. The van der Waals surface area contributed by atoms with Gasteiger partial charge in [-0.25, -0.2) is 4.79 Å². The highest BCUT2D eigenvalue weighted by atomic mass is 127. The van der Waals surface area contributed by atoms with Crippen LogP contribution in [-0.4, -0.2) is 57.0 Å². The lowest BCUT2D eigenvalue weighted by molar-refractivity contribution is -0.0178. The SMILES string of the molecule is CC(C)(C)OC(=O)N1Cc2c(C(N)=O)c(I)cn2C(CO)(CO)C1. The van der Waals surface area contributed by atoms with Crippen molar-refractivity contribution in [2.45, 2.75) is 38.5 Å². The van der Waals surface area contributed by atoms with Gasteiger partial charge in [-0.15, -0.1) is 0 Å². The fourth-order valence-corrected chi connectivity index (χ4v) is 3.63. The number of fused-ring (bicyclic) bond motifs is 1. The molecule has 134 valence electrons. The summed E-state index contributed by atoms with van der Waals surface area (Å²) in [5.74, 6) is -0.621. The number of hydrogen-bond acceptors (Lipinski definition) is 5. The molecule has 8 nitrogen and oxygen atoms in total. The molecule has 2 amide bonds. The van der Waals surface area contributed by atoms with Crippen LogP contribution in [0.1, 0.15) is 36.8 Å². The Kier molecular flexibility index (Phi) is 5.17. The molecule has 1 aromatic heterocycles. The number of aliphatic hydroxyl groups is 2. The maximum Gasteiger partial charge on any atom is 0.410 e. The molecular weight excluding hydrogens is 429 g/mol. The smallest absolute Gasteiger partial charge is 0.410 e. The number of halogens is 1. The summed E-state index contributed by atoms with van der Waals surface area (Å²) in [4.78, 5) is 25.6. The second-order valence-corrected chi connectivity index (χ2v) is 8.07. The molecule has 0 spiro atoms. The monoisotopic (exact) mass is 451 g/mol. The molecule has 0 saturated carbocycles. The predicted octanol–water partition coefficient (Wildman–Crippen LogP) is 0.622. The number of primary amides is 1. The van der Waals surface area contributed by atoms with E-state index in [1.807, 2.05) is 22.6 Å². The quantitative estimate of drug-likeness (QED) is 0.583. The van der Waals surface area contributed by atoms with E-state index in [4.69, 9.17) is 10.5 Å². The van der Waals surface area contributed by atoms with Crippen LogP contribution in [0.25, 0.3) is 0 Å². The van der Waals surface area contributed by atoms with Crippen molar-refractivity contribution in [2.24, 2.45) is 5.73 Å². The van der Waals surface area contributed by atoms with Gasteiger partial charge < -0.3 is 25.3 Å². The average molecular weight is 451 g/mol. The molecule has 0 radical (unpaired) electrons. The summed E-state index contributed by atoms with van der Waals surface area (Å²) < 4.78 is 7.63. The lowest BCUT2D eigenvalue weighted by atomic mass is 9.97. The Morgan fingerprint density at radius 3 is 2.42 bits per heavy atom. The minimum absolute atomic E-state index is 0.0604. The maximum atomic E-state index is 12.4. The van der Waals surface area contributed by atoms with E-state index in [9.17, 15) is 19.8 Å². The number of ether oxygens (including phenoxy) is 1. The minimum atomic E-state index is -1.14. The summed E-state index contributed by atoms with van der Waals surface area (Å²) >= 11 is 1.97. The molecule has 2 rings (SSSR count). The summed E-state index contributed by atoms with van der Waals surface area (Å²) in [6, 6.07) is 0. The average Bonchev–Trinajstić information content (AvgIpc) is 2.80. The molecule has 0 fully saturated rings. The molecule has 0 bridgehead atoms. The van der Waals surface area contributed by atoms with Gasteiger partial charge >= 0.3 is 6.09 Å². The van der Waals surface area contributed by atoms with Gasteiger partial charge in [-0.2, -0.15) is 0 Å². The standard InChI is InChI=1S/C15H22IN3O5/c1-14(2,3)24-13(23)18-5-10-11(12(17)22)9(16)4-19(10)15(6-18,7-20)8-21/h4,20-21H,5-8H2,1-3H3,(H2,17,22). The van der Waals surface area contributed by atoms with Crippen molar-refractivity contribution in [3.05, 3.63) is 21.0 Å². The van der Waals surface area contributed by atoms with Crippen LogP contribution in [0.3, 0.4) is 0 Å². The lowest BCUT2D eigenvalue weighted by Gasteiger charge is -2.43. The molecule has 0 atom stereocenters. The number of carbonyl (C=O) groups is 2. The van der Waals surface area contributed by atoms with Crippen LogP contribution in [0, 0.1) is 3.57 Å². The van der Waals surface area contributed by atoms with Crippen molar-refractivity contribution in [1.82, 2.24) is 9.47 Å². The predicted molar refractivity (Wildman–Crippen MR) is 94.5 cm³/mol. The van der Waals surface area contributed by atoms with E-state index in [0.717, 1.165) is 0 Å². The van der Waals surface area contributed by atoms with Crippen LogP contribution in [-0.2, 0) is 16.8 Å². The molecule has 0 aromatic carbocycles. The van der Waals surface area contributed by atoms with Gasteiger partial charge in [-0.3, -0.25) is 9.69 Å². The van der Waals surface area contributed by atoms with Crippen LogP contribution in [0.4, 0.5) is 4.79 Å². The van der Waals surface area contributed by atoms with Gasteiger partial charge in [0.1, 0.15) is 11.1 Å². The summed E-state index contributed by atoms with van der Waals surface area (Å²) in [5.41, 5.74) is 4.40. The van der Waals surface area contributed by atoms with Crippen molar-refractivity contribution in [2.75, 3.05) is 19.8 Å². The number of hydrogen-bond donors (Lipinski definition) is 3. The number of amides is 2. The van der Waals surface area contributed by atoms with Crippen LogP contribution < -0.4 is 5.73 Å². The topological polar surface area (TPSA) is 118 Å². The molecule has 1 aliphatic rings. The van der Waals surface area contributed by atoms with Crippen LogP contribution in [0.5, 0.6) is 0 Å².